The standard InChI is InChI=1S/C15H20N2O2/c1-2-15(16)9-17(10-15)14(18)12-7-11-5-3-4-6-13(11)19-8-12/h3-6,12H,2,7-10,16H2,1H3. The van der Waals surface area contributed by atoms with E-state index in [1.54, 1.807) is 0 Å². The van der Waals surface area contributed by atoms with Crippen LogP contribution in [0.2, 0.25) is 0 Å². The lowest BCUT2D eigenvalue weighted by Gasteiger charge is -2.48. The molecular weight excluding hydrogens is 240 g/mol. The minimum absolute atomic E-state index is 0.0590. The van der Waals surface area contributed by atoms with Gasteiger partial charge in [-0.05, 0) is 24.5 Å². The summed E-state index contributed by atoms with van der Waals surface area (Å²) in [6.07, 6.45) is 1.69. The highest BCUT2D eigenvalue weighted by molar-refractivity contribution is 5.81. The first-order chi connectivity index (χ1) is 9.11. The fourth-order valence-corrected chi connectivity index (χ4v) is 2.84. The summed E-state index contributed by atoms with van der Waals surface area (Å²) >= 11 is 0. The lowest BCUT2D eigenvalue weighted by molar-refractivity contribution is -0.144. The molecule has 0 aromatic heterocycles. The Morgan fingerprint density at radius 1 is 1.47 bits per heavy atom. The Morgan fingerprint density at radius 2 is 2.21 bits per heavy atom. The van der Waals surface area contributed by atoms with Crippen molar-refractivity contribution in [1.29, 1.82) is 0 Å². The number of ether oxygens (including phenoxy) is 1. The molecule has 102 valence electrons. The molecular formula is C15H20N2O2. The minimum Gasteiger partial charge on any atom is -0.492 e. The maximum atomic E-state index is 12.4. The van der Waals surface area contributed by atoms with Gasteiger partial charge in [0.05, 0.1) is 11.5 Å². The first kappa shape index (κ1) is 12.5. The SMILES string of the molecule is CCC1(N)CN(C(=O)C2COc3ccccc3C2)C1. The van der Waals surface area contributed by atoms with E-state index in [-0.39, 0.29) is 17.4 Å². The van der Waals surface area contributed by atoms with Crippen LogP contribution in [0.4, 0.5) is 0 Å². The predicted molar refractivity (Wildman–Crippen MR) is 72.9 cm³/mol. The largest absolute Gasteiger partial charge is 0.492 e. The summed E-state index contributed by atoms with van der Waals surface area (Å²) in [5.74, 6) is 1.04. The van der Waals surface area contributed by atoms with Crippen molar-refractivity contribution >= 4 is 5.91 Å². The lowest BCUT2D eigenvalue weighted by Crippen LogP contribution is -2.69. The fourth-order valence-electron chi connectivity index (χ4n) is 2.84. The normalized spacial score (nSPS) is 24.1. The molecule has 0 bridgehead atoms. The molecule has 2 aliphatic rings. The molecule has 0 radical (unpaired) electrons. The smallest absolute Gasteiger partial charge is 0.229 e. The molecule has 1 amide bonds. The maximum Gasteiger partial charge on any atom is 0.229 e. The van der Waals surface area contributed by atoms with Gasteiger partial charge in [0.2, 0.25) is 5.91 Å². The Kier molecular flexibility index (Phi) is 2.97. The van der Waals surface area contributed by atoms with Crippen molar-refractivity contribution in [1.82, 2.24) is 4.90 Å². The lowest BCUT2D eigenvalue weighted by atomic mass is 9.86. The molecule has 0 saturated carbocycles. The van der Waals surface area contributed by atoms with Crippen LogP contribution in [0.15, 0.2) is 24.3 Å². The van der Waals surface area contributed by atoms with Crippen molar-refractivity contribution in [3.8, 4) is 5.75 Å². The number of hydrogen-bond acceptors (Lipinski definition) is 3. The Hall–Kier alpha value is -1.55. The van der Waals surface area contributed by atoms with Crippen molar-refractivity contribution in [2.75, 3.05) is 19.7 Å². The van der Waals surface area contributed by atoms with Crippen LogP contribution in [0.5, 0.6) is 5.75 Å². The topological polar surface area (TPSA) is 55.6 Å². The summed E-state index contributed by atoms with van der Waals surface area (Å²) in [5, 5.41) is 0. The van der Waals surface area contributed by atoms with Crippen LogP contribution in [-0.2, 0) is 11.2 Å². The van der Waals surface area contributed by atoms with Gasteiger partial charge in [-0.1, -0.05) is 25.1 Å². The Labute approximate surface area is 113 Å². The predicted octanol–water partition coefficient (Wildman–Crippen LogP) is 1.19. The summed E-state index contributed by atoms with van der Waals surface area (Å²) in [6.45, 7) is 3.92. The number of benzene rings is 1. The first-order valence-electron chi connectivity index (χ1n) is 6.90. The molecule has 2 heterocycles. The number of fused-ring (bicyclic) bond motifs is 1. The number of rotatable bonds is 2. The van der Waals surface area contributed by atoms with Crippen molar-refractivity contribution in [3.05, 3.63) is 29.8 Å². The van der Waals surface area contributed by atoms with Gasteiger partial charge in [0.25, 0.3) is 0 Å². The highest BCUT2D eigenvalue weighted by Crippen LogP contribution is 2.30. The summed E-state index contributed by atoms with van der Waals surface area (Å²) in [7, 11) is 0. The number of para-hydroxylation sites is 1. The van der Waals surface area contributed by atoms with Gasteiger partial charge in [0.15, 0.2) is 0 Å². The average molecular weight is 260 g/mol. The maximum absolute atomic E-state index is 12.4. The van der Waals surface area contributed by atoms with Crippen LogP contribution in [0.1, 0.15) is 18.9 Å². The molecule has 0 spiro atoms. The van der Waals surface area contributed by atoms with Gasteiger partial charge in [-0.25, -0.2) is 0 Å². The van der Waals surface area contributed by atoms with Crippen LogP contribution >= 0.6 is 0 Å². The Morgan fingerprint density at radius 3 is 2.95 bits per heavy atom. The van der Waals surface area contributed by atoms with E-state index in [9.17, 15) is 4.79 Å². The van der Waals surface area contributed by atoms with Crippen LogP contribution in [-0.4, -0.2) is 36.0 Å². The average Bonchev–Trinajstić information content (AvgIpc) is 2.42. The number of hydrogen-bond donors (Lipinski definition) is 1. The molecule has 3 rings (SSSR count). The van der Waals surface area contributed by atoms with E-state index >= 15 is 0 Å². The second-order valence-electron chi connectivity index (χ2n) is 5.73. The molecule has 1 aromatic carbocycles. The highest BCUT2D eigenvalue weighted by Gasteiger charge is 2.43. The molecule has 0 aliphatic carbocycles. The van der Waals surface area contributed by atoms with E-state index < -0.39 is 0 Å². The number of amides is 1. The third-order valence-electron chi connectivity index (χ3n) is 4.26. The zero-order valence-electron chi connectivity index (χ0n) is 11.3. The summed E-state index contributed by atoms with van der Waals surface area (Å²) in [6, 6.07) is 7.94. The number of carbonyl (C=O) groups is 1. The molecule has 4 heteroatoms. The molecule has 2 aliphatic heterocycles. The van der Waals surface area contributed by atoms with Crippen LogP contribution < -0.4 is 10.5 Å². The van der Waals surface area contributed by atoms with Crippen LogP contribution in [0.3, 0.4) is 0 Å². The van der Waals surface area contributed by atoms with E-state index in [0.29, 0.717) is 19.7 Å². The molecule has 1 atom stereocenters. The summed E-state index contributed by atoms with van der Waals surface area (Å²) < 4.78 is 5.68. The molecule has 2 N–H and O–H groups in total. The van der Waals surface area contributed by atoms with Gasteiger partial charge in [-0.3, -0.25) is 4.79 Å². The molecule has 19 heavy (non-hydrogen) atoms. The second kappa shape index (κ2) is 4.53. The third-order valence-corrected chi connectivity index (χ3v) is 4.26. The second-order valence-corrected chi connectivity index (χ2v) is 5.73. The molecule has 4 nitrogen and oxygen atoms in total. The highest BCUT2D eigenvalue weighted by atomic mass is 16.5. The molecule has 1 saturated heterocycles. The number of carbonyl (C=O) groups excluding carboxylic acids is 1. The van der Waals surface area contributed by atoms with Gasteiger partial charge >= 0.3 is 0 Å². The zero-order chi connectivity index (χ0) is 13.5. The minimum atomic E-state index is -0.164. The van der Waals surface area contributed by atoms with Crippen LogP contribution in [0.25, 0.3) is 0 Å². The summed E-state index contributed by atoms with van der Waals surface area (Å²) in [4.78, 5) is 14.3. The van der Waals surface area contributed by atoms with Gasteiger partial charge < -0.3 is 15.4 Å². The Bertz CT molecular complexity index is 495. The number of likely N-dealkylation sites (tertiary alicyclic amines) is 1. The first-order valence-corrected chi connectivity index (χ1v) is 6.90. The zero-order valence-corrected chi connectivity index (χ0v) is 11.3. The van der Waals surface area contributed by atoms with Crippen molar-refractivity contribution < 1.29 is 9.53 Å². The Balaban J connectivity index is 1.64. The number of nitrogens with zero attached hydrogens (tertiary/aromatic N) is 1. The van der Waals surface area contributed by atoms with E-state index in [1.165, 1.54) is 0 Å². The van der Waals surface area contributed by atoms with Crippen molar-refractivity contribution in [3.63, 3.8) is 0 Å². The van der Waals surface area contributed by atoms with E-state index in [1.807, 2.05) is 29.2 Å². The quantitative estimate of drug-likeness (QED) is 0.869. The molecule has 1 fully saturated rings. The number of nitrogens with two attached hydrogens (primary N) is 1. The third kappa shape index (κ3) is 2.21. The van der Waals surface area contributed by atoms with Gasteiger partial charge in [0.1, 0.15) is 12.4 Å². The molecule has 1 unspecified atom stereocenters. The fraction of sp³-hybridized carbons (Fsp3) is 0.533. The van der Waals surface area contributed by atoms with E-state index in [4.69, 9.17) is 10.5 Å². The monoisotopic (exact) mass is 260 g/mol. The van der Waals surface area contributed by atoms with Crippen molar-refractivity contribution in [2.45, 2.75) is 25.3 Å². The van der Waals surface area contributed by atoms with Gasteiger partial charge in [-0.15, -0.1) is 0 Å². The van der Waals surface area contributed by atoms with Crippen molar-refractivity contribution in [2.24, 2.45) is 11.7 Å². The van der Waals surface area contributed by atoms with E-state index in [0.717, 1.165) is 24.2 Å². The van der Waals surface area contributed by atoms with Gasteiger partial charge in [-0.2, -0.15) is 0 Å². The van der Waals surface area contributed by atoms with Crippen LogP contribution in [0, 0.1) is 5.92 Å². The molecule has 1 aromatic rings. The summed E-state index contributed by atoms with van der Waals surface area (Å²) in [5.41, 5.74) is 7.07. The van der Waals surface area contributed by atoms with Gasteiger partial charge in [0, 0.05) is 13.1 Å². The van der Waals surface area contributed by atoms with E-state index in [2.05, 4.69) is 6.92 Å².